The maximum absolute atomic E-state index is 11.5. The normalized spacial score (nSPS) is 21.8. The van der Waals surface area contributed by atoms with Gasteiger partial charge in [0.05, 0.1) is 26.2 Å². The van der Waals surface area contributed by atoms with Crippen LogP contribution >= 0.6 is 0 Å². The van der Waals surface area contributed by atoms with Crippen molar-refractivity contribution in [3.8, 4) is 0 Å². The van der Waals surface area contributed by atoms with E-state index in [0.29, 0.717) is 19.8 Å². The summed E-state index contributed by atoms with van der Waals surface area (Å²) < 4.78 is 5.23. The highest BCUT2D eigenvalue weighted by molar-refractivity contribution is 5.77. The second-order valence-electron chi connectivity index (χ2n) is 4.09. The van der Waals surface area contributed by atoms with E-state index in [4.69, 9.17) is 9.84 Å². The van der Waals surface area contributed by atoms with Crippen molar-refractivity contribution in [2.45, 2.75) is 12.5 Å². The Morgan fingerprint density at radius 1 is 1.50 bits per heavy atom. The molecule has 1 N–H and O–H groups in total. The summed E-state index contributed by atoms with van der Waals surface area (Å²) >= 11 is 0. The molecule has 0 saturated carbocycles. The predicted molar refractivity (Wildman–Crippen MR) is 57.1 cm³/mol. The van der Waals surface area contributed by atoms with Crippen LogP contribution in [0.15, 0.2) is 0 Å². The summed E-state index contributed by atoms with van der Waals surface area (Å²) in [5, 5.41) is 8.75. The van der Waals surface area contributed by atoms with E-state index in [1.54, 1.807) is 14.1 Å². The number of rotatable bonds is 4. The number of ether oxygens (including phenoxy) is 1. The Morgan fingerprint density at radius 3 is 2.75 bits per heavy atom. The zero-order chi connectivity index (χ0) is 12.1. The molecule has 1 unspecified atom stereocenters. The molecule has 1 fully saturated rings. The second kappa shape index (κ2) is 5.81. The Morgan fingerprint density at radius 2 is 2.19 bits per heavy atom. The fourth-order valence-electron chi connectivity index (χ4n) is 1.60. The lowest BCUT2D eigenvalue weighted by atomic mass is 10.1. The van der Waals surface area contributed by atoms with Crippen LogP contribution in [0.1, 0.15) is 6.42 Å². The second-order valence-corrected chi connectivity index (χ2v) is 4.09. The monoisotopic (exact) mass is 230 g/mol. The summed E-state index contributed by atoms with van der Waals surface area (Å²) in [5.41, 5.74) is 0. The van der Waals surface area contributed by atoms with E-state index in [0.717, 1.165) is 0 Å². The lowest BCUT2D eigenvalue weighted by Gasteiger charge is -2.34. The van der Waals surface area contributed by atoms with Gasteiger partial charge in [0.2, 0.25) is 5.91 Å². The number of amides is 1. The largest absolute Gasteiger partial charge is 0.481 e. The first-order valence-electron chi connectivity index (χ1n) is 5.24. The molecule has 1 aliphatic heterocycles. The van der Waals surface area contributed by atoms with E-state index in [1.807, 2.05) is 4.90 Å². The van der Waals surface area contributed by atoms with Crippen LogP contribution in [0.25, 0.3) is 0 Å². The molecule has 1 heterocycles. The van der Waals surface area contributed by atoms with Crippen molar-refractivity contribution in [1.82, 2.24) is 9.80 Å². The zero-order valence-electron chi connectivity index (χ0n) is 9.68. The highest BCUT2D eigenvalue weighted by Gasteiger charge is 2.27. The predicted octanol–water partition coefficient (Wildman–Crippen LogP) is -0.750. The molecule has 1 saturated heterocycles. The number of hydrogen-bond acceptors (Lipinski definition) is 4. The summed E-state index contributed by atoms with van der Waals surface area (Å²) in [6.07, 6.45) is 0.0146. The molecular weight excluding hydrogens is 212 g/mol. The van der Waals surface area contributed by atoms with Crippen molar-refractivity contribution in [3.63, 3.8) is 0 Å². The molecule has 0 bridgehead atoms. The van der Waals surface area contributed by atoms with Gasteiger partial charge < -0.3 is 14.7 Å². The molecule has 0 radical (unpaired) electrons. The van der Waals surface area contributed by atoms with Crippen molar-refractivity contribution in [3.05, 3.63) is 0 Å². The maximum Gasteiger partial charge on any atom is 0.305 e. The van der Waals surface area contributed by atoms with Crippen molar-refractivity contribution < 1.29 is 19.4 Å². The Hall–Kier alpha value is -1.14. The van der Waals surface area contributed by atoms with Crippen LogP contribution < -0.4 is 0 Å². The van der Waals surface area contributed by atoms with Gasteiger partial charge in [0, 0.05) is 26.7 Å². The minimum atomic E-state index is -0.863. The van der Waals surface area contributed by atoms with E-state index in [1.165, 1.54) is 4.90 Å². The Kier molecular flexibility index (Phi) is 4.70. The topological polar surface area (TPSA) is 70.1 Å². The lowest BCUT2D eigenvalue weighted by molar-refractivity contribution is -0.142. The van der Waals surface area contributed by atoms with Gasteiger partial charge in [-0.2, -0.15) is 0 Å². The highest BCUT2D eigenvalue weighted by Crippen LogP contribution is 2.10. The molecule has 0 aromatic heterocycles. The molecule has 1 atom stereocenters. The molecule has 1 aliphatic rings. The van der Waals surface area contributed by atoms with Crippen LogP contribution in [0.3, 0.4) is 0 Å². The lowest BCUT2D eigenvalue weighted by Crippen LogP contribution is -2.50. The average Bonchev–Trinajstić information content (AvgIpc) is 2.20. The van der Waals surface area contributed by atoms with E-state index in [-0.39, 0.29) is 24.9 Å². The van der Waals surface area contributed by atoms with Crippen LogP contribution in [-0.2, 0) is 14.3 Å². The van der Waals surface area contributed by atoms with Gasteiger partial charge in [-0.3, -0.25) is 14.5 Å². The van der Waals surface area contributed by atoms with Gasteiger partial charge in [-0.25, -0.2) is 0 Å². The molecule has 0 aromatic rings. The van der Waals surface area contributed by atoms with Gasteiger partial charge in [-0.05, 0) is 0 Å². The van der Waals surface area contributed by atoms with Crippen LogP contribution in [-0.4, -0.2) is 73.2 Å². The van der Waals surface area contributed by atoms with E-state index < -0.39 is 5.97 Å². The minimum absolute atomic E-state index is 0.0146. The van der Waals surface area contributed by atoms with Gasteiger partial charge in [0.15, 0.2) is 0 Å². The molecule has 1 rings (SSSR count). The number of carbonyl (C=O) groups is 2. The fourth-order valence-corrected chi connectivity index (χ4v) is 1.60. The van der Waals surface area contributed by atoms with Gasteiger partial charge in [0.25, 0.3) is 0 Å². The van der Waals surface area contributed by atoms with Gasteiger partial charge in [-0.1, -0.05) is 0 Å². The number of carboxylic acid groups (broad SMARTS) is 1. The van der Waals surface area contributed by atoms with Gasteiger partial charge in [0.1, 0.15) is 0 Å². The molecule has 0 aliphatic carbocycles. The Bertz CT molecular complexity index is 268. The van der Waals surface area contributed by atoms with Crippen molar-refractivity contribution in [2.24, 2.45) is 0 Å². The first kappa shape index (κ1) is 12.9. The standard InChI is InChI=1S/C10H18N2O4/c1-11(2)9(13)6-12-3-4-16-7-8(12)5-10(14)15/h8H,3-7H2,1-2H3,(H,14,15). The third kappa shape index (κ3) is 3.79. The number of aliphatic carboxylic acids is 1. The number of likely N-dealkylation sites (N-methyl/N-ethyl adjacent to an activating group) is 1. The molecule has 6 nitrogen and oxygen atoms in total. The summed E-state index contributed by atoms with van der Waals surface area (Å²) in [7, 11) is 3.38. The summed E-state index contributed by atoms with van der Waals surface area (Å²) in [5.74, 6) is -0.880. The van der Waals surface area contributed by atoms with Crippen molar-refractivity contribution >= 4 is 11.9 Å². The molecule has 0 spiro atoms. The van der Waals surface area contributed by atoms with Crippen molar-refractivity contribution in [1.29, 1.82) is 0 Å². The molecule has 92 valence electrons. The number of carbonyl (C=O) groups excluding carboxylic acids is 1. The SMILES string of the molecule is CN(C)C(=O)CN1CCOCC1CC(=O)O. The molecule has 16 heavy (non-hydrogen) atoms. The number of hydrogen-bond donors (Lipinski definition) is 1. The molecule has 0 aromatic carbocycles. The quantitative estimate of drug-likeness (QED) is 0.688. The van der Waals surface area contributed by atoms with Gasteiger partial charge in [-0.15, -0.1) is 0 Å². The number of carboxylic acids is 1. The summed E-state index contributed by atoms with van der Waals surface area (Å²) in [6.45, 7) is 1.80. The van der Waals surface area contributed by atoms with E-state index >= 15 is 0 Å². The summed E-state index contributed by atoms with van der Waals surface area (Å²) in [6, 6.07) is -0.199. The molecule has 6 heteroatoms. The van der Waals surface area contributed by atoms with E-state index in [9.17, 15) is 9.59 Å². The van der Waals surface area contributed by atoms with Gasteiger partial charge >= 0.3 is 5.97 Å². The number of morpholine rings is 1. The first-order valence-corrected chi connectivity index (χ1v) is 5.24. The number of nitrogens with zero attached hydrogens (tertiary/aromatic N) is 2. The van der Waals surface area contributed by atoms with E-state index in [2.05, 4.69) is 0 Å². The first-order chi connectivity index (χ1) is 7.50. The average molecular weight is 230 g/mol. The van der Waals surface area contributed by atoms with Crippen LogP contribution in [0.5, 0.6) is 0 Å². The third-order valence-electron chi connectivity index (χ3n) is 2.60. The smallest absolute Gasteiger partial charge is 0.305 e. The molecular formula is C10H18N2O4. The van der Waals surface area contributed by atoms with Crippen LogP contribution in [0.4, 0.5) is 0 Å². The maximum atomic E-state index is 11.5. The summed E-state index contributed by atoms with van der Waals surface area (Å²) in [4.78, 5) is 25.6. The third-order valence-corrected chi connectivity index (χ3v) is 2.60. The minimum Gasteiger partial charge on any atom is -0.481 e. The zero-order valence-corrected chi connectivity index (χ0v) is 9.68. The van der Waals surface area contributed by atoms with Crippen molar-refractivity contribution in [2.75, 3.05) is 40.4 Å². The Balaban J connectivity index is 2.53. The fraction of sp³-hybridized carbons (Fsp3) is 0.800. The molecule has 1 amide bonds. The highest BCUT2D eigenvalue weighted by atomic mass is 16.5. The van der Waals surface area contributed by atoms with Crippen LogP contribution in [0, 0.1) is 0 Å². The Labute approximate surface area is 94.8 Å². The van der Waals surface area contributed by atoms with Crippen LogP contribution in [0.2, 0.25) is 0 Å².